The second-order valence-corrected chi connectivity index (χ2v) is 5.72. The number of alkyl halides is 3. The summed E-state index contributed by atoms with van der Waals surface area (Å²) in [5, 5.41) is 33.8. The molecule has 1 aliphatic heterocycles. The summed E-state index contributed by atoms with van der Waals surface area (Å²) in [6.07, 6.45) is -6.79. The molecule has 1 aromatic carbocycles. The van der Waals surface area contributed by atoms with Gasteiger partial charge in [-0.3, -0.25) is 4.79 Å². The fourth-order valence-corrected chi connectivity index (χ4v) is 2.57. The predicted octanol–water partition coefficient (Wildman–Crippen LogP) is -0.581. The number of aliphatic hydroxyl groups excluding tert-OH is 3. The Morgan fingerprint density at radius 1 is 1.12 bits per heavy atom. The van der Waals surface area contributed by atoms with Gasteiger partial charge in [-0.2, -0.15) is 13.2 Å². The summed E-state index contributed by atoms with van der Waals surface area (Å²) in [6, 6.07) is 3.00. The van der Waals surface area contributed by atoms with Crippen LogP contribution in [0.5, 0.6) is 0 Å². The fraction of sp³-hybridized carbons (Fsp3) is 0.533. The zero-order valence-electron chi connectivity index (χ0n) is 12.6. The third-order valence-corrected chi connectivity index (χ3v) is 3.96. The molecule has 134 valence electrons. The van der Waals surface area contributed by atoms with Crippen molar-refractivity contribution in [1.82, 2.24) is 10.6 Å². The van der Waals surface area contributed by atoms with Gasteiger partial charge in [0.2, 0.25) is 5.91 Å². The number of amides is 1. The third kappa shape index (κ3) is 4.44. The summed E-state index contributed by atoms with van der Waals surface area (Å²) in [5.41, 5.74) is -0.359. The lowest BCUT2D eigenvalue weighted by Gasteiger charge is -2.16. The highest BCUT2D eigenvalue weighted by Gasteiger charge is 2.40. The Kier molecular flexibility index (Phi) is 5.81. The van der Waals surface area contributed by atoms with Gasteiger partial charge >= 0.3 is 6.18 Å². The maximum Gasteiger partial charge on any atom is 0.416 e. The molecule has 0 saturated carbocycles. The summed E-state index contributed by atoms with van der Waals surface area (Å²) < 4.78 is 37.4. The lowest BCUT2D eigenvalue weighted by molar-refractivity contribution is -0.137. The van der Waals surface area contributed by atoms with E-state index in [0.29, 0.717) is 5.56 Å². The van der Waals surface area contributed by atoms with Gasteiger partial charge < -0.3 is 26.0 Å². The zero-order valence-corrected chi connectivity index (χ0v) is 12.6. The molecule has 0 unspecified atom stereocenters. The Morgan fingerprint density at radius 3 is 2.21 bits per heavy atom. The van der Waals surface area contributed by atoms with E-state index in [9.17, 15) is 28.2 Å². The summed E-state index contributed by atoms with van der Waals surface area (Å²) in [5.74, 6) is -0.425. The average molecular weight is 348 g/mol. The van der Waals surface area contributed by atoms with E-state index in [1.165, 1.54) is 12.1 Å². The SMILES string of the molecule is O=C(Cc1ccc(C(F)(F)F)cc1)NC[C@H]1N[C@H](CO)[C@H](O)[C@@H]1O. The summed E-state index contributed by atoms with van der Waals surface area (Å²) >= 11 is 0. The molecule has 9 heteroatoms. The van der Waals surface area contributed by atoms with Gasteiger partial charge in [0.15, 0.2) is 0 Å². The summed E-state index contributed by atoms with van der Waals surface area (Å²) in [7, 11) is 0. The minimum Gasteiger partial charge on any atom is -0.395 e. The number of halogens is 3. The molecule has 0 bridgehead atoms. The Labute approximate surface area is 136 Å². The van der Waals surface area contributed by atoms with Crippen LogP contribution in [-0.4, -0.2) is 58.7 Å². The molecule has 0 aliphatic carbocycles. The van der Waals surface area contributed by atoms with Crippen LogP contribution < -0.4 is 10.6 Å². The molecular weight excluding hydrogens is 329 g/mol. The highest BCUT2D eigenvalue weighted by molar-refractivity contribution is 5.78. The van der Waals surface area contributed by atoms with Gasteiger partial charge in [0.1, 0.15) is 0 Å². The van der Waals surface area contributed by atoms with Crippen LogP contribution in [0.2, 0.25) is 0 Å². The van der Waals surface area contributed by atoms with E-state index in [1.807, 2.05) is 0 Å². The molecule has 1 heterocycles. The van der Waals surface area contributed by atoms with Crippen LogP contribution >= 0.6 is 0 Å². The van der Waals surface area contributed by atoms with Crippen molar-refractivity contribution in [1.29, 1.82) is 0 Å². The van der Waals surface area contributed by atoms with Crippen LogP contribution in [0.25, 0.3) is 0 Å². The van der Waals surface area contributed by atoms with Gasteiger partial charge in [-0.15, -0.1) is 0 Å². The largest absolute Gasteiger partial charge is 0.416 e. The molecule has 5 N–H and O–H groups in total. The molecule has 24 heavy (non-hydrogen) atoms. The van der Waals surface area contributed by atoms with Gasteiger partial charge in [0.25, 0.3) is 0 Å². The van der Waals surface area contributed by atoms with Crippen molar-refractivity contribution >= 4 is 5.91 Å². The number of hydrogen-bond donors (Lipinski definition) is 5. The van der Waals surface area contributed by atoms with E-state index in [4.69, 9.17) is 5.11 Å². The van der Waals surface area contributed by atoms with Crippen molar-refractivity contribution in [2.45, 2.75) is 36.9 Å². The van der Waals surface area contributed by atoms with Gasteiger partial charge in [-0.25, -0.2) is 0 Å². The van der Waals surface area contributed by atoms with Crippen LogP contribution in [0.4, 0.5) is 13.2 Å². The van der Waals surface area contributed by atoms with E-state index in [1.54, 1.807) is 0 Å². The molecule has 4 atom stereocenters. The van der Waals surface area contributed by atoms with Crippen molar-refractivity contribution in [3.8, 4) is 0 Å². The molecule has 0 radical (unpaired) electrons. The molecule has 1 fully saturated rings. The Balaban J connectivity index is 1.84. The molecule has 1 aromatic rings. The maximum atomic E-state index is 12.5. The number of nitrogens with one attached hydrogen (secondary N) is 2. The Bertz CT molecular complexity index is 565. The first kappa shape index (κ1) is 18.7. The van der Waals surface area contributed by atoms with E-state index in [-0.39, 0.29) is 19.6 Å². The average Bonchev–Trinajstić information content (AvgIpc) is 2.80. The van der Waals surface area contributed by atoms with Crippen LogP contribution in [0.1, 0.15) is 11.1 Å². The zero-order chi connectivity index (χ0) is 17.9. The number of carbonyl (C=O) groups is 1. The summed E-state index contributed by atoms with van der Waals surface area (Å²) in [6.45, 7) is -0.331. The normalized spacial score (nSPS) is 27.2. The quantitative estimate of drug-likeness (QED) is 0.490. The van der Waals surface area contributed by atoms with Crippen molar-refractivity contribution in [3.05, 3.63) is 35.4 Å². The first-order valence-electron chi connectivity index (χ1n) is 7.38. The number of carbonyl (C=O) groups excluding carboxylic acids is 1. The van der Waals surface area contributed by atoms with E-state index >= 15 is 0 Å². The van der Waals surface area contributed by atoms with Gasteiger partial charge in [0.05, 0.1) is 42.9 Å². The van der Waals surface area contributed by atoms with Gasteiger partial charge in [0, 0.05) is 6.54 Å². The highest BCUT2D eigenvalue weighted by atomic mass is 19.4. The highest BCUT2D eigenvalue weighted by Crippen LogP contribution is 2.29. The van der Waals surface area contributed by atoms with E-state index in [0.717, 1.165) is 12.1 Å². The minimum absolute atomic E-state index is 0.0220. The van der Waals surface area contributed by atoms with Crippen molar-refractivity contribution in [3.63, 3.8) is 0 Å². The van der Waals surface area contributed by atoms with Crippen molar-refractivity contribution in [2.24, 2.45) is 0 Å². The topological polar surface area (TPSA) is 102 Å². The second kappa shape index (κ2) is 7.47. The van der Waals surface area contributed by atoms with E-state index in [2.05, 4.69) is 10.6 Å². The van der Waals surface area contributed by atoms with Crippen molar-refractivity contribution in [2.75, 3.05) is 13.2 Å². The number of benzene rings is 1. The molecule has 1 amide bonds. The molecule has 0 spiro atoms. The van der Waals surface area contributed by atoms with Gasteiger partial charge in [-0.1, -0.05) is 12.1 Å². The summed E-state index contributed by atoms with van der Waals surface area (Å²) in [4.78, 5) is 11.8. The molecule has 1 saturated heterocycles. The number of hydrogen-bond acceptors (Lipinski definition) is 5. The molecule has 0 aromatic heterocycles. The fourth-order valence-electron chi connectivity index (χ4n) is 2.57. The third-order valence-electron chi connectivity index (χ3n) is 3.96. The van der Waals surface area contributed by atoms with Crippen LogP contribution in [0.3, 0.4) is 0 Å². The first-order chi connectivity index (χ1) is 11.2. The maximum absolute atomic E-state index is 12.5. The van der Waals surface area contributed by atoms with Crippen molar-refractivity contribution < 1.29 is 33.3 Å². The smallest absolute Gasteiger partial charge is 0.395 e. The lowest BCUT2D eigenvalue weighted by atomic mass is 10.1. The predicted molar refractivity (Wildman–Crippen MR) is 78.0 cm³/mol. The minimum atomic E-state index is -4.42. The number of aliphatic hydroxyl groups is 3. The van der Waals surface area contributed by atoms with Crippen LogP contribution in [0, 0.1) is 0 Å². The monoisotopic (exact) mass is 348 g/mol. The first-order valence-corrected chi connectivity index (χ1v) is 7.38. The Morgan fingerprint density at radius 2 is 1.71 bits per heavy atom. The second-order valence-electron chi connectivity index (χ2n) is 5.72. The molecule has 1 aliphatic rings. The van der Waals surface area contributed by atoms with E-state index < -0.39 is 41.9 Å². The molecular formula is C15H19F3N2O4. The Hall–Kier alpha value is -1.68. The van der Waals surface area contributed by atoms with Crippen LogP contribution in [-0.2, 0) is 17.4 Å². The molecule has 2 rings (SSSR count). The standard InChI is InChI=1S/C15H19F3N2O4/c16-15(17,18)9-3-1-8(2-4-9)5-12(22)19-6-10-13(23)14(24)11(7-21)20-10/h1-4,10-11,13-14,20-21,23-24H,5-7H2,(H,19,22)/t10-,11-,13-,14+/m1/s1. The molecule has 6 nitrogen and oxygen atoms in total. The van der Waals surface area contributed by atoms with Crippen LogP contribution in [0.15, 0.2) is 24.3 Å². The van der Waals surface area contributed by atoms with Gasteiger partial charge in [-0.05, 0) is 17.7 Å². The lowest BCUT2D eigenvalue weighted by Crippen LogP contribution is -2.44. The number of rotatable bonds is 5.